The molecule has 2 aromatic carbocycles. The predicted octanol–water partition coefficient (Wildman–Crippen LogP) is 5.07. The molecule has 3 aromatic rings. The Kier molecular flexibility index (Phi) is 3.26. The van der Waals surface area contributed by atoms with Crippen molar-refractivity contribution in [1.82, 2.24) is 4.98 Å². The Balaban J connectivity index is 2.13. The molecule has 0 unspecified atom stereocenters. The minimum atomic E-state index is -0.551. The average molecular weight is 271 g/mol. The molecular weight excluding hydrogens is 256 g/mol. The molecule has 1 aromatic heterocycles. The molecule has 0 spiro atoms. The second kappa shape index (κ2) is 5.08. The lowest BCUT2D eigenvalue weighted by atomic mass is 10.1. The lowest BCUT2D eigenvalue weighted by Crippen LogP contribution is -1.89. The van der Waals surface area contributed by atoms with Crippen LogP contribution in [0, 0.1) is 11.6 Å². The number of aromatic amines is 1. The van der Waals surface area contributed by atoms with Crippen LogP contribution in [0.3, 0.4) is 0 Å². The van der Waals surface area contributed by atoms with Crippen molar-refractivity contribution in [2.24, 2.45) is 0 Å². The SMILES string of the molecule is CCCc1ccc2[nH]c(-c3c(F)cccc3F)cc2c1. The zero-order valence-corrected chi connectivity index (χ0v) is 11.2. The summed E-state index contributed by atoms with van der Waals surface area (Å²) in [6.07, 6.45) is 2.08. The van der Waals surface area contributed by atoms with Crippen LogP contribution in [-0.4, -0.2) is 4.98 Å². The molecule has 102 valence electrons. The van der Waals surface area contributed by atoms with Crippen molar-refractivity contribution in [2.75, 3.05) is 0 Å². The molecule has 0 radical (unpaired) electrons. The molecule has 0 aliphatic heterocycles. The van der Waals surface area contributed by atoms with Crippen molar-refractivity contribution >= 4 is 10.9 Å². The molecule has 3 rings (SSSR count). The highest BCUT2D eigenvalue weighted by atomic mass is 19.1. The lowest BCUT2D eigenvalue weighted by molar-refractivity contribution is 0.589. The van der Waals surface area contributed by atoms with Gasteiger partial charge in [-0.05, 0) is 42.3 Å². The summed E-state index contributed by atoms with van der Waals surface area (Å²) in [5.41, 5.74) is 2.60. The first-order valence-corrected chi connectivity index (χ1v) is 6.75. The van der Waals surface area contributed by atoms with Gasteiger partial charge in [-0.25, -0.2) is 8.78 Å². The summed E-state index contributed by atoms with van der Waals surface area (Å²) in [5, 5.41) is 0.980. The Hall–Kier alpha value is -2.16. The summed E-state index contributed by atoms with van der Waals surface area (Å²) in [5.74, 6) is -1.10. The standard InChI is InChI=1S/C17H15F2N/c1-2-4-11-7-8-15-12(9-11)10-16(20-15)17-13(18)5-3-6-14(17)19/h3,5-10,20H,2,4H2,1H3. The van der Waals surface area contributed by atoms with E-state index in [0.717, 1.165) is 23.7 Å². The Bertz CT molecular complexity index is 739. The molecule has 0 saturated heterocycles. The maximum Gasteiger partial charge on any atom is 0.135 e. The van der Waals surface area contributed by atoms with Crippen LogP contribution in [0.15, 0.2) is 42.5 Å². The van der Waals surface area contributed by atoms with Gasteiger partial charge in [-0.2, -0.15) is 0 Å². The van der Waals surface area contributed by atoms with Crippen molar-refractivity contribution < 1.29 is 8.78 Å². The number of hydrogen-bond acceptors (Lipinski definition) is 0. The molecule has 1 nitrogen and oxygen atoms in total. The summed E-state index contributed by atoms with van der Waals surface area (Å²) >= 11 is 0. The van der Waals surface area contributed by atoms with Gasteiger partial charge in [0.2, 0.25) is 0 Å². The number of aromatic nitrogens is 1. The van der Waals surface area contributed by atoms with E-state index in [-0.39, 0.29) is 5.56 Å². The van der Waals surface area contributed by atoms with Gasteiger partial charge in [0.15, 0.2) is 0 Å². The minimum absolute atomic E-state index is 0.000687. The van der Waals surface area contributed by atoms with Gasteiger partial charge in [-0.3, -0.25) is 0 Å². The average Bonchev–Trinajstić information content (AvgIpc) is 2.81. The third-order valence-corrected chi connectivity index (χ3v) is 3.46. The van der Waals surface area contributed by atoms with Gasteiger partial charge < -0.3 is 4.98 Å². The van der Waals surface area contributed by atoms with E-state index in [4.69, 9.17) is 0 Å². The second-order valence-electron chi connectivity index (χ2n) is 4.95. The van der Waals surface area contributed by atoms with Gasteiger partial charge in [0.05, 0.1) is 11.3 Å². The molecule has 0 amide bonds. The highest BCUT2D eigenvalue weighted by Crippen LogP contribution is 2.29. The highest BCUT2D eigenvalue weighted by molar-refractivity contribution is 5.86. The molecule has 1 heterocycles. The first-order valence-electron chi connectivity index (χ1n) is 6.75. The van der Waals surface area contributed by atoms with E-state index in [2.05, 4.69) is 18.0 Å². The monoisotopic (exact) mass is 271 g/mol. The highest BCUT2D eigenvalue weighted by Gasteiger charge is 2.13. The van der Waals surface area contributed by atoms with Crippen LogP contribution in [0.4, 0.5) is 8.78 Å². The second-order valence-corrected chi connectivity index (χ2v) is 4.95. The summed E-state index contributed by atoms with van der Waals surface area (Å²) in [6.45, 7) is 2.13. The van der Waals surface area contributed by atoms with Crippen molar-refractivity contribution in [3.05, 3.63) is 59.7 Å². The molecule has 20 heavy (non-hydrogen) atoms. The van der Waals surface area contributed by atoms with Crippen LogP contribution in [0.5, 0.6) is 0 Å². The van der Waals surface area contributed by atoms with Crippen LogP contribution >= 0.6 is 0 Å². The molecule has 0 aliphatic rings. The Labute approximate surface area is 116 Å². The third-order valence-electron chi connectivity index (χ3n) is 3.46. The Morgan fingerprint density at radius 1 is 1.00 bits per heavy atom. The van der Waals surface area contributed by atoms with Crippen LogP contribution in [0.2, 0.25) is 0 Å². The molecule has 0 bridgehead atoms. The van der Waals surface area contributed by atoms with Gasteiger partial charge in [0.25, 0.3) is 0 Å². The van der Waals surface area contributed by atoms with Gasteiger partial charge >= 0.3 is 0 Å². The van der Waals surface area contributed by atoms with E-state index >= 15 is 0 Å². The number of H-pyrrole nitrogens is 1. The summed E-state index contributed by atoms with van der Waals surface area (Å²) in [7, 11) is 0. The Morgan fingerprint density at radius 2 is 1.75 bits per heavy atom. The zero-order chi connectivity index (χ0) is 14.1. The van der Waals surface area contributed by atoms with Crippen molar-refractivity contribution in [1.29, 1.82) is 0 Å². The maximum atomic E-state index is 13.8. The summed E-state index contributed by atoms with van der Waals surface area (Å²) in [4.78, 5) is 3.08. The topological polar surface area (TPSA) is 15.8 Å². The zero-order valence-electron chi connectivity index (χ0n) is 11.2. The molecule has 0 saturated carbocycles. The van der Waals surface area contributed by atoms with Crippen molar-refractivity contribution in [3.8, 4) is 11.3 Å². The number of fused-ring (bicyclic) bond motifs is 1. The fourth-order valence-electron chi connectivity index (χ4n) is 2.52. The quantitative estimate of drug-likeness (QED) is 0.685. The largest absolute Gasteiger partial charge is 0.354 e. The van der Waals surface area contributed by atoms with Gasteiger partial charge in [-0.1, -0.05) is 25.5 Å². The first kappa shape index (κ1) is 12.9. The predicted molar refractivity (Wildman–Crippen MR) is 77.6 cm³/mol. The first-order chi connectivity index (χ1) is 9.69. The fourth-order valence-corrected chi connectivity index (χ4v) is 2.52. The smallest absolute Gasteiger partial charge is 0.135 e. The number of hydrogen-bond donors (Lipinski definition) is 1. The van der Waals surface area contributed by atoms with Crippen LogP contribution in [-0.2, 0) is 6.42 Å². The Morgan fingerprint density at radius 3 is 2.45 bits per heavy atom. The fraction of sp³-hybridized carbons (Fsp3) is 0.176. The molecule has 3 heteroatoms. The van der Waals surface area contributed by atoms with Gasteiger partial charge in [0.1, 0.15) is 11.6 Å². The van der Waals surface area contributed by atoms with Gasteiger partial charge in [0, 0.05) is 10.9 Å². The number of aryl methyl sites for hydroxylation is 1. The number of rotatable bonds is 3. The molecular formula is C17H15F2N. The van der Waals surface area contributed by atoms with E-state index in [1.165, 1.54) is 23.8 Å². The van der Waals surface area contributed by atoms with Crippen LogP contribution in [0.1, 0.15) is 18.9 Å². The van der Waals surface area contributed by atoms with E-state index in [9.17, 15) is 8.78 Å². The maximum absolute atomic E-state index is 13.8. The van der Waals surface area contributed by atoms with Crippen LogP contribution in [0.25, 0.3) is 22.2 Å². The van der Waals surface area contributed by atoms with Crippen molar-refractivity contribution in [3.63, 3.8) is 0 Å². The van der Waals surface area contributed by atoms with Crippen LogP contribution < -0.4 is 0 Å². The molecule has 0 atom stereocenters. The third kappa shape index (κ3) is 2.20. The van der Waals surface area contributed by atoms with E-state index in [0.29, 0.717) is 5.69 Å². The molecule has 0 fully saturated rings. The summed E-state index contributed by atoms with van der Waals surface area (Å²) < 4.78 is 27.6. The lowest BCUT2D eigenvalue weighted by Gasteiger charge is -2.01. The van der Waals surface area contributed by atoms with E-state index < -0.39 is 11.6 Å². The molecule has 1 N–H and O–H groups in total. The number of nitrogens with one attached hydrogen (secondary N) is 1. The normalized spacial score (nSPS) is 11.2. The van der Waals surface area contributed by atoms with Gasteiger partial charge in [-0.15, -0.1) is 0 Å². The van der Waals surface area contributed by atoms with E-state index in [1.54, 1.807) is 6.07 Å². The minimum Gasteiger partial charge on any atom is -0.354 e. The number of benzene rings is 2. The molecule has 0 aliphatic carbocycles. The summed E-state index contributed by atoms with van der Waals surface area (Å²) in [6, 6.07) is 11.8. The van der Waals surface area contributed by atoms with Crippen molar-refractivity contribution in [2.45, 2.75) is 19.8 Å². The van der Waals surface area contributed by atoms with E-state index in [1.807, 2.05) is 12.1 Å². The number of halogens is 2.